The number of nitrogens with zero attached hydrogens (tertiary/aromatic N) is 1. The highest BCUT2D eigenvalue weighted by molar-refractivity contribution is 8.14. The molecule has 0 saturated heterocycles. The first-order valence-corrected chi connectivity index (χ1v) is 14.3. The number of rotatable bonds is 17. The van der Waals surface area contributed by atoms with Crippen LogP contribution in [0.15, 0.2) is 12.1 Å². The Morgan fingerprint density at radius 3 is 1.91 bits per heavy atom. The second-order valence-electron chi connectivity index (χ2n) is 9.58. The van der Waals surface area contributed by atoms with Gasteiger partial charge in [-0.15, -0.1) is 0 Å². The molecule has 1 unspecified atom stereocenters. The molecule has 0 spiro atoms. The van der Waals surface area contributed by atoms with Crippen molar-refractivity contribution in [2.75, 3.05) is 17.8 Å². The summed E-state index contributed by atoms with van der Waals surface area (Å²) in [6.45, 7) is 9.77. The van der Waals surface area contributed by atoms with E-state index in [1.54, 1.807) is 6.92 Å². The van der Waals surface area contributed by atoms with E-state index in [-0.39, 0.29) is 16.8 Å². The maximum atomic E-state index is 13.2. The van der Waals surface area contributed by atoms with E-state index in [4.69, 9.17) is 4.74 Å². The molecule has 0 saturated carbocycles. The Bertz CT molecular complexity index is 808. The lowest BCUT2D eigenvalue weighted by molar-refractivity contribution is -0.142. The highest BCUT2D eigenvalue weighted by atomic mass is 32.2. The van der Waals surface area contributed by atoms with Crippen LogP contribution < -0.4 is 4.90 Å². The topological polar surface area (TPSA) is 63.7 Å². The number of unbranched alkanes of at least 4 members (excludes halogenated alkanes) is 10. The number of hydrogen-bond donors (Lipinski definition) is 0. The molecule has 198 valence electrons. The Morgan fingerprint density at radius 1 is 0.857 bits per heavy atom. The molecule has 5 nitrogen and oxygen atoms in total. The first kappa shape index (κ1) is 31.2. The van der Waals surface area contributed by atoms with Crippen molar-refractivity contribution in [2.24, 2.45) is 0 Å². The summed E-state index contributed by atoms with van der Waals surface area (Å²) in [6.07, 6.45) is 14.1. The van der Waals surface area contributed by atoms with Crippen molar-refractivity contribution < 1.29 is 19.1 Å². The minimum atomic E-state index is -0.769. The largest absolute Gasteiger partial charge is 0.467 e. The maximum Gasteiger partial charge on any atom is 0.328 e. The molecule has 1 atom stereocenters. The summed E-state index contributed by atoms with van der Waals surface area (Å²) >= 11 is 1.06. The first-order chi connectivity index (χ1) is 16.7. The number of benzene rings is 1. The van der Waals surface area contributed by atoms with Crippen LogP contribution in [0.5, 0.6) is 0 Å². The number of thioether (sulfide) groups is 1. The number of ether oxygens (including phenoxy) is 1. The fourth-order valence-corrected chi connectivity index (χ4v) is 5.05. The molecule has 0 aliphatic heterocycles. The number of aryl methyl sites for hydroxylation is 2. The third-order valence-electron chi connectivity index (χ3n) is 6.68. The van der Waals surface area contributed by atoms with E-state index in [1.165, 1.54) is 69.8 Å². The summed E-state index contributed by atoms with van der Waals surface area (Å²) in [6, 6.07) is 3.19. The normalized spacial score (nSPS) is 11.8. The van der Waals surface area contributed by atoms with Gasteiger partial charge in [-0.3, -0.25) is 14.5 Å². The van der Waals surface area contributed by atoms with Crippen LogP contribution >= 0.6 is 11.8 Å². The minimum absolute atomic E-state index is 0.0189. The van der Waals surface area contributed by atoms with Gasteiger partial charge < -0.3 is 4.74 Å². The van der Waals surface area contributed by atoms with Gasteiger partial charge in [-0.05, 0) is 50.8 Å². The third kappa shape index (κ3) is 11.2. The number of methoxy groups -OCH3 is 1. The smallest absolute Gasteiger partial charge is 0.328 e. The van der Waals surface area contributed by atoms with Crippen LogP contribution in [0, 0.1) is 20.8 Å². The summed E-state index contributed by atoms with van der Waals surface area (Å²) in [5, 5.41) is 0.0395. The summed E-state index contributed by atoms with van der Waals surface area (Å²) in [5.74, 6) is -0.710. The van der Waals surface area contributed by atoms with Crippen LogP contribution in [0.2, 0.25) is 0 Å². The zero-order chi connectivity index (χ0) is 26.2. The number of carbonyl (C=O) groups is 3. The van der Waals surface area contributed by atoms with Crippen molar-refractivity contribution in [1.82, 2.24) is 0 Å². The number of anilines is 1. The van der Waals surface area contributed by atoms with E-state index >= 15 is 0 Å². The summed E-state index contributed by atoms with van der Waals surface area (Å²) < 4.78 is 4.92. The molecule has 1 rings (SSSR count). The zero-order valence-corrected chi connectivity index (χ0v) is 23.7. The number of carbonyl (C=O) groups excluding carboxylic acids is 3. The lowest BCUT2D eigenvalue weighted by Gasteiger charge is -2.31. The molecule has 0 aliphatic carbocycles. The van der Waals surface area contributed by atoms with Gasteiger partial charge in [0.05, 0.1) is 18.6 Å². The molecule has 1 aromatic carbocycles. The van der Waals surface area contributed by atoms with Crippen molar-refractivity contribution in [3.63, 3.8) is 0 Å². The summed E-state index contributed by atoms with van der Waals surface area (Å²) in [5.41, 5.74) is 3.63. The molecule has 0 radical (unpaired) electrons. The zero-order valence-electron chi connectivity index (χ0n) is 22.9. The molecule has 6 heteroatoms. The van der Waals surface area contributed by atoms with Gasteiger partial charge in [-0.1, -0.05) is 95.0 Å². The standard InChI is InChI=1S/C29H47NO4S/c1-7-8-9-10-11-12-13-14-15-16-17-18-27(32)35-21-26(31)30(25(5)29(33)34-6)28-23(3)20-19-22(2)24(28)4/h19-20,25H,7-18,21H2,1-6H3. The van der Waals surface area contributed by atoms with E-state index in [0.717, 1.165) is 47.0 Å². The second kappa shape index (κ2) is 17.6. The Hall–Kier alpha value is -1.82. The molecular weight excluding hydrogens is 458 g/mol. The van der Waals surface area contributed by atoms with Crippen molar-refractivity contribution in [1.29, 1.82) is 0 Å². The average Bonchev–Trinajstić information content (AvgIpc) is 2.85. The van der Waals surface area contributed by atoms with E-state index in [2.05, 4.69) is 6.92 Å². The predicted octanol–water partition coefficient (Wildman–Crippen LogP) is 7.47. The number of esters is 1. The fraction of sp³-hybridized carbons (Fsp3) is 0.690. The van der Waals surface area contributed by atoms with E-state index in [1.807, 2.05) is 32.9 Å². The van der Waals surface area contributed by atoms with Crippen LogP contribution in [0.25, 0.3) is 0 Å². The predicted molar refractivity (Wildman–Crippen MR) is 148 cm³/mol. The Balaban J connectivity index is 2.49. The van der Waals surface area contributed by atoms with Crippen LogP contribution in [0.4, 0.5) is 5.69 Å². The molecule has 0 aliphatic rings. The van der Waals surface area contributed by atoms with E-state index in [9.17, 15) is 14.4 Å². The highest BCUT2D eigenvalue weighted by Gasteiger charge is 2.30. The van der Waals surface area contributed by atoms with Crippen molar-refractivity contribution in [2.45, 2.75) is 118 Å². The number of amides is 1. The van der Waals surface area contributed by atoms with E-state index < -0.39 is 12.0 Å². The molecule has 0 aromatic heterocycles. The van der Waals surface area contributed by atoms with Gasteiger partial charge in [0.15, 0.2) is 5.12 Å². The summed E-state index contributed by atoms with van der Waals surface area (Å²) in [4.78, 5) is 39.5. The lowest BCUT2D eigenvalue weighted by Crippen LogP contribution is -2.46. The molecule has 0 N–H and O–H groups in total. The molecule has 1 amide bonds. The van der Waals surface area contributed by atoms with Gasteiger partial charge in [0, 0.05) is 6.42 Å². The van der Waals surface area contributed by atoms with Crippen LogP contribution in [0.3, 0.4) is 0 Å². The average molecular weight is 506 g/mol. The maximum absolute atomic E-state index is 13.2. The summed E-state index contributed by atoms with van der Waals surface area (Å²) in [7, 11) is 1.32. The fourth-order valence-electron chi connectivity index (χ4n) is 4.33. The molecule has 1 aromatic rings. The monoisotopic (exact) mass is 505 g/mol. The quantitative estimate of drug-likeness (QED) is 0.162. The molecule has 0 bridgehead atoms. The highest BCUT2D eigenvalue weighted by Crippen LogP contribution is 2.30. The minimum Gasteiger partial charge on any atom is -0.467 e. The first-order valence-electron chi connectivity index (χ1n) is 13.4. The van der Waals surface area contributed by atoms with Gasteiger partial charge in [0.25, 0.3) is 0 Å². The van der Waals surface area contributed by atoms with E-state index in [0.29, 0.717) is 6.42 Å². The molecule has 0 fully saturated rings. The van der Waals surface area contributed by atoms with Gasteiger partial charge in [-0.25, -0.2) is 4.79 Å². The Morgan fingerprint density at radius 2 is 1.37 bits per heavy atom. The Labute approximate surface area is 217 Å². The molecular formula is C29H47NO4S. The van der Waals surface area contributed by atoms with Crippen LogP contribution in [-0.4, -0.2) is 35.9 Å². The second-order valence-corrected chi connectivity index (χ2v) is 10.6. The van der Waals surface area contributed by atoms with Crippen LogP contribution in [0.1, 0.15) is 108 Å². The van der Waals surface area contributed by atoms with Crippen molar-refractivity contribution in [3.05, 3.63) is 28.8 Å². The van der Waals surface area contributed by atoms with Gasteiger partial charge >= 0.3 is 5.97 Å². The van der Waals surface area contributed by atoms with Crippen molar-refractivity contribution >= 4 is 34.4 Å². The van der Waals surface area contributed by atoms with Gasteiger partial charge in [-0.2, -0.15) is 0 Å². The van der Waals surface area contributed by atoms with Gasteiger partial charge in [0.2, 0.25) is 5.91 Å². The van der Waals surface area contributed by atoms with Crippen molar-refractivity contribution in [3.8, 4) is 0 Å². The third-order valence-corrected chi connectivity index (χ3v) is 7.60. The Kier molecular flexibility index (Phi) is 15.7. The lowest BCUT2D eigenvalue weighted by atomic mass is 10.0. The SMILES string of the molecule is CCCCCCCCCCCCCC(=O)SCC(=O)N(c1c(C)ccc(C)c1C)C(C)C(=O)OC. The number of hydrogen-bond acceptors (Lipinski definition) is 5. The molecule has 0 heterocycles. The van der Waals surface area contributed by atoms with Crippen LogP contribution in [-0.2, 0) is 19.1 Å². The van der Waals surface area contributed by atoms with Gasteiger partial charge in [0.1, 0.15) is 6.04 Å². The molecule has 35 heavy (non-hydrogen) atoms.